The second-order valence-electron chi connectivity index (χ2n) is 7.56. The van der Waals surface area contributed by atoms with Crippen molar-refractivity contribution in [1.82, 2.24) is 9.38 Å². The minimum absolute atomic E-state index is 0.104. The average Bonchev–Trinajstić information content (AvgIpc) is 3.33. The molecule has 2 aromatic rings. The normalized spacial score (nSPS) is 20.5. The molecule has 1 unspecified atom stereocenters. The van der Waals surface area contributed by atoms with E-state index < -0.39 is 0 Å². The number of fused-ring (bicyclic) bond motifs is 1. The van der Waals surface area contributed by atoms with Crippen LogP contribution in [-0.4, -0.2) is 15.4 Å². The van der Waals surface area contributed by atoms with Crippen molar-refractivity contribution in [3.05, 3.63) is 29.6 Å². The summed E-state index contributed by atoms with van der Waals surface area (Å²) < 4.78 is 2.17. The molecule has 2 aliphatic carbocycles. The zero-order valence-electron chi connectivity index (χ0n) is 14.5. The lowest BCUT2D eigenvalue weighted by Gasteiger charge is -2.20. The number of pyridine rings is 1. The van der Waals surface area contributed by atoms with E-state index in [4.69, 9.17) is 4.98 Å². The Labute approximate surface area is 143 Å². The Hall–Kier alpha value is -2.02. The lowest BCUT2D eigenvalue weighted by molar-refractivity contribution is 0.517. The monoisotopic (exact) mass is 322 g/mol. The van der Waals surface area contributed by atoms with Crippen LogP contribution < -0.4 is 5.32 Å². The molecule has 126 valence electrons. The summed E-state index contributed by atoms with van der Waals surface area (Å²) in [6.45, 7) is 2.11. The van der Waals surface area contributed by atoms with Gasteiger partial charge < -0.3 is 5.32 Å². The van der Waals surface area contributed by atoms with E-state index in [0.29, 0.717) is 11.8 Å². The van der Waals surface area contributed by atoms with E-state index in [1.54, 1.807) is 0 Å². The molecule has 4 heteroatoms. The van der Waals surface area contributed by atoms with Crippen LogP contribution in [0.4, 0.5) is 5.82 Å². The van der Waals surface area contributed by atoms with Crippen LogP contribution in [0.1, 0.15) is 68.5 Å². The molecule has 0 spiro atoms. The minimum Gasteiger partial charge on any atom is -0.354 e. The predicted octanol–water partition coefficient (Wildman–Crippen LogP) is 4.79. The number of hydrogen-bond acceptors (Lipinski definition) is 3. The van der Waals surface area contributed by atoms with Gasteiger partial charge in [-0.05, 0) is 50.2 Å². The third-order valence-corrected chi connectivity index (χ3v) is 5.84. The van der Waals surface area contributed by atoms with Crippen LogP contribution in [0, 0.1) is 24.2 Å². The fourth-order valence-electron chi connectivity index (χ4n) is 4.49. The standard InChI is InChI=1S/C20H26N4/c1-14-10-11-18-23-19(16-8-4-5-9-16)20(24(18)13-14)22-17(12-21)15-6-2-3-7-15/h10-11,13,15-17,22H,2-9H2,1H3. The molecule has 4 nitrogen and oxygen atoms in total. The molecule has 1 N–H and O–H groups in total. The summed E-state index contributed by atoms with van der Waals surface area (Å²) in [5.74, 6) is 2.08. The Bertz CT molecular complexity index is 758. The number of nitriles is 1. The van der Waals surface area contributed by atoms with Gasteiger partial charge in [0.15, 0.2) is 0 Å². The fraction of sp³-hybridized carbons (Fsp3) is 0.600. The van der Waals surface area contributed by atoms with Gasteiger partial charge in [-0.25, -0.2) is 4.98 Å². The first kappa shape index (κ1) is 15.5. The first-order valence-corrected chi connectivity index (χ1v) is 9.41. The van der Waals surface area contributed by atoms with E-state index in [1.807, 2.05) is 0 Å². The van der Waals surface area contributed by atoms with Gasteiger partial charge in [-0.1, -0.05) is 31.7 Å². The van der Waals surface area contributed by atoms with Gasteiger partial charge in [0.1, 0.15) is 17.5 Å². The molecule has 0 aliphatic heterocycles. The highest BCUT2D eigenvalue weighted by molar-refractivity contribution is 5.58. The van der Waals surface area contributed by atoms with Crippen molar-refractivity contribution >= 4 is 11.5 Å². The maximum Gasteiger partial charge on any atom is 0.138 e. The van der Waals surface area contributed by atoms with Crippen LogP contribution in [0.15, 0.2) is 18.3 Å². The number of aromatic nitrogens is 2. The Balaban J connectivity index is 1.74. The molecule has 0 bridgehead atoms. The Kier molecular flexibility index (Phi) is 4.18. The van der Waals surface area contributed by atoms with Crippen molar-refractivity contribution in [1.29, 1.82) is 5.26 Å². The molecular weight excluding hydrogens is 296 g/mol. The van der Waals surface area contributed by atoms with Crippen LogP contribution in [0.25, 0.3) is 5.65 Å². The maximum absolute atomic E-state index is 9.73. The molecule has 0 aromatic carbocycles. The van der Waals surface area contributed by atoms with E-state index in [0.717, 1.165) is 11.5 Å². The second-order valence-corrected chi connectivity index (χ2v) is 7.56. The molecule has 0 saturated heterocycles. The third kappa shape index (κ3) is 2.77. The SMILES string of the molecule is Cc1ccc2nc(C3CCCC3)c(NC(C#N)C3CCCC3)n2c1. The molecule has 24 heavy (non-hydrogen) atoms. The molecule has 2 heterocycles. The number of rotatable bonds is 4. The van der Waals surface area contributed by atoms with Gasteiger partial charge in [-0.2, -0.15) is 5.26 Å². The lowest BCUT2D eigenvalue weighted by Crippen LogP contribution is -2.27. The van der Waals surface area contributed by atoms with Crippen molar-refractivity contribution in [3.8, 4) is 6.07 Å². The summed E-state index contributed by atoms with van der Waals surface area (Å²) in [7, 11) is 0. The number of anilines is 1. The smallest absolute Gasteiger partial charge is 0.138 e. The molecular formula is C20H26N4. The van der Waals surface area contributed by atoms with Crippen LogP contribution >= 0.6 is 0 Å². The zero-order valence-corrected chi connectivity index (χ0v) is 14.5. The summed E-state index contributed by atoms with van der Waals surface area (Å²) in [6, 6.07) is 6.63. The first-order valence-electron chi connectivity index (χ1n) is 9.41. The molecule has 2 fully saturated rings. The van der Waals surface area contributed by atoms with Gasteiger partial charge in [0.2, 0.25) is 0 Å². The Morgan fingerprint density at radius 3 is 2.58 bits per heavy atom. The van der Waals surface area contributed by atoms with Crippen LogP contribution in [0.5, 0.6) is 0 Å². The van der Waals surface area contributed by atoms with Gasteiger partial charge in [-0.15, -0.1) is 0 Å². The highest BCUT2D eigenvalue weighted by atomic mass is 15.1. The summed E-state index contributed by atoms with van der Waals surface area (Å²) in [4.78, 5) is 4.94. The van der Waals surface area contributed by atoms with Crippen molar-refractivity contribution in [3.63, 3.8) is 0 Å². The minimum atomic E-state index is -0.104. The van der Waals surface area contributed by atoms with Gasteiger partial charge in [-0.3, -0.25) is 4.40 Å². The average molecular weight is 322 g/mol. The summed E-state index contributed by atoms with van der Waals surface area (Å²) >= 11 is 0. The van der Waals surface area contributed by atoms with E-state index in [-0.39, 0.29) is 6.04 Å². The maximum atomic E-state index is 9.73. The number of hydrogen-bond donors (Lipinski definition) is 1. The Morgan fingerprint density at radius 1 is 1.17 bits per heavy atom. The van der Waals surface area contributed by atoms with Crippen molar-refractivity contribution in [2.24, 2.45) is 5.92 Å². The van der Waals surface area contributed by atoms with Gasteiger partial charge in [0.05, 0.1) is 11.8 Å². The van der Waals surface area contributed by atoms with E-state index in [1.165, 1.54) is 62.6 Å². The quantitative estimate of drug-likeness (QED) is 0.880. The fourth-order valence-corrected chi connectivity index (χ4v) is 4.49. The summed E-state index contributed by atoms with van der Waals surface area (Å²) in [5, 5.41) is 13.3. The summed E-state index contributed by atoms with van der Waals surface area (Å²) in [6.07, 6.45) is 12.0. The summed E-state index contributed by atoms with van der Waals surface area (Å²) in [5.41, 5.74) is 3.39. The number of nitrogens with zero attached hydrogens (tertiary/aromatic N) is 3. The van der Waals surface area contributed by atoms with Gasteiger partial charge in [0.25, 0.3) is 0 Å². The molecule has 0 radical (unpaired) electrons. The first-order chi connectivity index (χ1) is 11.8. The van der Waals surface area contributed by atoms with E-state index in [2.05, 4.69) is 41.0 Å². The van der Waals surface area contributed by atoms with Crippen molar-refractivity contribution < 1.29 is 0 Å². The molecule has 2 saturated carbocycles. The number of nitrogens with one attached hydrogen (secondary N) is 1. The van der Waals surface area contributed by atoms with Crippen LogP contribution in [0.3, 0.4) is 0 Å². The zero-order chi connectivity index (χ0) is 16.5. The number of aryl methyl sites for hydroxylation is 1. The molecule has 1 atom stereocenters. The highest BCUT2D eigenvalue weighted by Crippen LogP contribution is 2.39. The predicted molar refractivity (Wildman–Crippen MR) is 96.1 cm³/mol. The number of imidazole rings is 1. The van der Waals surface area contributed by atoms with Crippen LogP contribution in [0.2, 0.25) is 0 Å². The molecule has 2 aliphatic rings. The molecule has 0 amide bonds. The van der Waals surface area contributed by atoms with Crippen LogP contribution in [-0.2, 0) is 0 Å². The van der Waals surface area contributed by atoms with Crippen molar-refractivity contribution in [2.75, 3.05) is 5.32 Å². The molecule has 4 rings (SSSR count). The van der Waals surface area contributed by atoms with Gasteiger partial charge >= 0.3 is 0 Å². The lowest BCUT2D eigenvalue weighted by atomic mass is 9.98. The van der Waals surface area contributed by atoms with E-state index in [9.17, 15) is 5.26 Å². The topological polar surface area (TPSA) is 53.1 Å². The third-order valence-electron chi connectivity index (χ3n) is 5.84. The second kappa shape index (κ2) is 6.47. The van der Waals surface area contributed by atoms with Crippen molar-refractivity contribution in [2.45, 2.75) is 70.3 Å². The van der Waals surface area contributed by atoms with Gasteiger partial charge in [0, 0.05) is 12.1 Å². The van der Waals surface area contributed by atoms with E-state index >= 15 is 0 Å². The largest absolute Gasteiger partial charge is 0.354 e. The highest BCUT2D eigenvalue weighted by Gasteiger charge is 2.29. The Morgan fingerprint density at radius 2 is 1.88 bits per heavy atom. The molecule has 2 aromatic heterocycles.